The Morgan fingerprint density at radius 3 is 2.44 bits per heavy atom. The fourth-order valence-electron chi connectivity index (χ4n) is 1.96. The second kappa shape index (κ2) is 4.41. The van der Waals surface area contributed by atoms with E-state index in [1.165, 1.54) is 12.8 Å². The summed E-state index contributed by atoms with van der Waals surface area (Å²) < 4.78 is 0. The summed E-state index contributed by atoms with van der Waals surface area (Å²) in [6, 6.07) is 2.26. The third-order valence-corrected chi connectivity index (χ3v) is 3.89. The Morgan fingerprint density at radius 1 is 1.33 bits per heavy atom. The van der Waals surface area contributed by atoms with E-state index in [4.69, 9.17) is 5.73 Å². The van der Waals surface area contributed by atoms with E-state index in [9.17, 15) is 0 Å². The van der Waals surface area contributed by atoms with Gasteiger partial charge in [0.2, 0.25) is 0 Å². The first kappa shape index (κ1) is 13.1. The van der Waals surface area contributed by atoms with Gasteiger partial charge in [-0.15, -0.1) is 0 Å². The topological polar surface area (TPSA) is 55.0 Å². The van der Waals surface area contributed by atoms with Gasteiger partial charge < -0.3 is 10.6 Å². The number of hydrogen-bond acceptors (Lipinski definition) is 4. The van der Waals surface area contributed by atoms with Gasteiger partial charge >= 0.3 is 0 Å². The highest BCUT2D eigenvalue weighted by molar-refractivity contribution is 5.48. The van der Waals surface area contributed by atoms with Crippen molar-refractivity contribution in [2.45, 2.75) is 52.5 Å². The molecule has 0 spiro atoms. The van der Waals surface area contributed by atoms with Crippen LogP contribution in [0.5, 0.6) is 0 Å². The number of hydrogen-bond donors (Lipinski definition) is 1. The highest BCUT2D eigenvalue weighted by Gasteiger charge is 2.29. The van der Waals surface area contributed by atoms with Crippen molar-refractivity contribution >= 4 is 11.6 Å². The Hall–Kier alpha value is -1.32. The van der Waals surface area contributed by atoms with Crippen LogP contribution in [0.15, 0.2) is 6.07 Å². The first-order chi connectivity index (χ1) is 8.29. The van der Waals surface area contributed by atoms with Crippen molar-refractivity contribution in [1.82, 2.24) is 9.97 Å². The van der Waals surface area contributed by atoms with Crippen LogP contribution >= 0.6 is 0 Å². The van der Waals surface area contributed by atoms with Crippen molar-refractivity contribution in [2.75, 3.05) is 17.7 Å². The Bertz CT molecular complexity index is 432. The number of nitrogen functional groups attached to an aromatic ring is 1. The molecule has 1 atom stereocenters. The molecule has 1 aromatic heterocycles. The van der Waals surface area contributed by atoms with Gasteiger partial charge in [-0.1, -0.05) is 20.8 Å². The summed E-state index contributed by atoms with van der Waals surface area (Å²) in [7, 11) is 2.08. The predicted molar refractivity (Wildman–Crippen MR) is 75.7 cm³/mol. The number of nitrogens with zero attached hydrogens (tertiary/aromatic N) is 3. The average molecular weight is 248 g/mol. The van der Waals surface area contributed by atoms with Gasteiger partial charge in [0, 0.05) is 25.1 Å². The van der Waals surface area contributed by atoms with E-state index in [-0.39, 0.29) is 5.41 Å². The highest BCUT2D eigenvalue weighted by atomic mass is 15.2. The SMILES string of the molecule is CC(N(C)c1cc(N)nc(C2CC2)n1)C(C)(C)C. The smallest absolute Gasteiger partial charge is 0.136 e. The minimum atomic E-state index is 0.203. The number of rotatable bonds is 3. The molecule has 0 amide bonds. The molecular weight excluding hydrogens is 224 g/mol. The zero-order valence-electron chi connectivity index (χ0n) is 12.1. The number of aromatic nitrogens is 2. The Kier molecular flexibility index (Phi) is 3.21. The van der Waals surface area contributed by atoms with Crippen LogP contribution in [-0.2, 0) is 0 Å². The average Bonchev–Trinajstić information content (AvgIpc) is 3.08. The van der Waals surface area contributed by atoms with Gasteiger partial charge in [-0.2, -0.15) is 0 Å². The molecule has 4 heteroatoms. The summed E-state index contributed by atoms with van der Waals surface area (Å²) in [6.45, 7) is 8.93. The molecule has 1 aliphatic carbocycles. The summed E-state index contributed by atoms with van der Waals surface area (Å²) in [6.07, 6.45) is 2.39. The molecule has 0 bridgehead atoms. The van der Waals surface area contributed by atoms with E-state index >= 15 is 0 Å². The molecule has 0 saturated heterocycles. The first-order valence-corrected chi connectivity index (χ1v) is 6.66. The van der Waals surface area contributed by atoms with Gasteiger partial charge in [0.25, 0.3) is 0 Å². The van der Waals surface area contributed by atoms with Crippen LogP contribution in [0.4, 0.5) is 11.6 Å². The molecule has 18 heavy (non-hydrogen) atoms. The molecule has 1 saturated carbocycles. The summed E-state index contributed by atoms with van der Waals surface area (Å²) in [5.74, 6) is 2.96. The van der Waals surface area contributed by atoms with Crippen molar-refractivity contribution in [3.63, 3.8) is 0 Å². The van der Waals surface area contributed by atoms with Gasteiger partial charge in [0.1, 0.15) is 17.5 Å². The third kappa shape index (κ3) is 2.74. The van der Waals surface area contributed by atoms with E-state index in [1.54, 1.807) is 0 Å². The molecule has 0 aliphatic heterocycles. The van der Waals surface area contributed by atoms with Crippen LogP contribution in [0.3, 0.4) is 0 Å². The van der Waals surface area contributed by atoms with Crippen LogP contribution in [0.2, 0.25) is 0 Å². The standard InChI is InChI=1S/C14H24N4/c1-9(14(2,3)4)18(5)12-8-11(15)16-13(17-12)10-6-7-10/h8-10H,6-7H2,1-5H3,(H2,15,16,17). The fraction of sp³-hybridized carbons (Fsp3) is 0.714. The lowest BCUT2D eigenvalue weighted by Crippen LogP contribution is -2.40. The van der Waals surface area contributed by atoms with Crippen LogP contribution in [0.1, 0.15) is 52.3 Å². The van der Waals surface area contributed by atoms with Crippen LogP contribution in [0, 0.1) is 5.41 Å². The highest BCUT2D eigenvalue weighted by Crippen LogP contribution is 2.39. The van der Waals surface area contributed by atoms with Gasteiger partial charge in [0.15, 0.2) is 0 Å². The molecule has 100 valence electrons. The van der Waals surface area contributed by atoms with E-state index in [0.717, 1.165) is 11.6 Å². The lowest BCUT2D eigenvalue weighted by molar-refractivity contribution is 0.328. The third-order valence-electron chi connectivity index (χ3n) is 3.89. The summed E-state index contributed by atoms with van der Waals surface area (Å²) in [4.78, 5) is 11.2. The molecule has 1 heterocycles. The van der Waals surface area contributed by atoms with Gasteiger partial charge in [-0.05, 0) is 25.2 Å². The quantitative estimate of drug-likeness (QED) is 0.893. The van der Waals surface area contributed by atoms with E-state index in [1.807, 2.05) is 6.07 Å². The van der Waals surface area contributed by atoms with Crippen LogP contribution < -0.4 is 10.6 Å². The van der Waals surface area contributed by atoms with Crippen LogP contribution in [0.25, 0.3) is 0 Å². The predicted octanol–water partition coefficient (Wildman–Crippen LogP) is 2.81. The van der Waals surface area contributed by atoms with E-state index in [0.29, 0.717) is 17.8 Å². The molecule has 4 nitrogen and oxygen atoms in total. The van der Waals surface area contributed by atoms with Crippen molar-refractivity contribution in [3.8, 4) is 0 Å². The van der Waals surface area contributed by atoms with Crippen LogP contribution in [-0.4, -0.2) is 23.1 Å². The molecule has 1 aromatic rings. The molecule has 1 fully saturated rings. The van der Waals surface area contributed by atoms with Crippen molar-refractivity contribution in [2.24, 2.45) is 5.41 Å². The van der Waals surface area contributed by atoms with E-state index < -0.39 is 0 Å². The maximum absolute atomic E-state index is 5.89. The second-order valence-corrected chi connectivity index (χ2v) is 6.44. The summed E-state index contributed by atoms with van der Waals surface area (Å²) >= 11 is 0. The van der Waals surface area contributed by atoms with Crippen molar-refractivity contribution in [3.05, 3.63) is 11.9 Å². The fourth-order valence-corrected chi connectivity index (χ4v) is 1.96. The zero-order chi connectivity index (χ0) is 13.5. The molecule has 2 rings (SSSR count). The Labute approximate surface area is 110 Å². The van der Waals surface area contributed by atoms with Gasteiger partial charge in [-0.3, -0.25) is 0 Å². The number of nitrogens with two attached hydrogens (primary N) is 1. The molecule has 0 radical (unpaired) electrons. The second-order valence-electron chi connectivity index (χ2n) is 6.44. The monoisotopic (exact) mass is 248 g/mol. The minimum absolute atomic E-state index is 0.203. The molecule has 1 aliphatic rings. The maximum atomic E-state index is 5.89. The zero-order valence-corrected chi connectivity index (χ0v) is 12.1. The Morgan fingerprint density at radius 2 is 1.94 bits per heavy atom. The Balaban J connectivity index is 2.26. The minimum Gasteiger partial charge on any atom is -0.384 e. The lowest BCUT2D eigenvalue weighted by atomic mass is 9.87. The first-order valence-electron chi connectivity index (χ1n) is 6.66. The van der Waals surface area contributed by atoms with Gasteiger partial charge in [0.05, 0.1) is 0 Å². The number of anilines is 2. The molecular formula is C14H24N4. The summed E-state index contributed by atoms with van der Waals surface area (Å²) in [5, 5.41) is 0. The molecule has 0 aromatic carbocycles. The lowest BCUT2D eigenvalue weighted by Gasteiger charge is -2.36. The largest absolute Gasteiger partial charge is 0.384 e. The van der Waals surface area contributed by atoms with Crippen molar-refractivity contribution < 1.29 is 0 Å². The van der Waals surface area contributed by atoms with E-state index in [2.05, 4.69) is 49.6 Å². The van der Waals surface area contributed by atoms with Gasteiger partial charge in [-0.25, -0.2) is 9.97 Å². The normalized spacial score (nSPS) is 17.6. The van der Waals surface area contributed by atoms with Crippen molar-refractivity contribution in [1.29, 1.82) is 0 Å². The molecule has 1 unspecified atom stereocenters. The molecule has 2 N–H and O–H groups in total. The summed E-state index contributed by atoms with van der Waals surface area (Å²) in [5.41, 5.74) is 6.10. The maximum Gasteiger partial charge on any atom is 0.136 e.